The Hall–Kier alpha value is -0.330. The minimum absolute atomic E-state index is 0.0889. The number of aliphatic hydroxyl groups excluding tert-OH is 12. The molecule has 0 fully saturated rings. The molecule has 0 aliphatic heterocycles. The third-order valence-corrected chi connectivity index (χ3v) is 7.85. The van der Waals surface area contributed by atoms with E-state index in [1.54, 1.807) is 11.8 Å². The van der Waals surface area contributed by atoms with E-state index >= 15 is 0 Å². The van der Waals surface area contributed by atoms with Gasteiger partial charge in [-0.25, -0.2) is 0 Å². The van der Waals surface area contributed by atoms with Gasteiger partial charge < -0.3 is 85.7 Å². The van der Waals surface area contributed by atoms with Gasteiger partial charge in [-0.15, -0.1) is 0 Å². The van der Waals surface area contributed by atoms with Crippen LogP contribution in [0.3, 0.4) is 0 Å². The van der Waals surface area contributed by atoms with E-state index in [2.05, 4.69) is 6.92 Å². The molecule has 14 N–H and O–H groups in total. The van der Waals surface area contributed by atoms with E-state index in [0.717, 1.165) is 30.8 Å². The highest BCUT2D eigenvalue weighted by molar-refractivity contribution is 7.99. The summed E-state index contributed by atoms with van der Waals surface area (Å²) >= 11 is 1.75. The summed E-state index contributed by atoms with van der Waals surface area (Å²) in [5.74, 6) is -1.53. The van der Waals surface area contributed by atoms with Crippen LogP contribution in [-0.2, 0) is 14.2 Å². The molecule has 0 radical (unpaired) electrons. The molecule has 3 unspecified atom stereocenters. The minimum atomic E-state index is -3.37. The van der Waals surface area contributed by atoms with Crippen LogP contribution in [0.4, 0.5) is 0 Å². The molecule has 0 aromatic rings. The predicted octanol–water partition coefficient (Wildman–Crippen LogP) is -4.96. The molecule has 0 aromatic heterocycles. The Morgan fingerprint density at radius 1 is 0.614 bits per heavy atom. The van der Waals surface area contributed by atoms with Crippen LogP contribution in [0.1, 0.15) is 51.9 Å². The van der Waals surface area contributed by atoms with Gasteiger partial charge in [-0.05, 0) is 50.0 Å². The highest BCUT2D eigenvalue weighted by atomic mass is 32.2. The highest BCUT2D eigenvalue weighted by Crippen LogP contribution is 2.24. The molecule has 17 nitrogen and oxygen atoms in total. The molecule has 0 aromatic carbocycles. The van der Waals surface area contributed by atoms with E-state index in [0.29, 0.717) is 6.42 Å². The van der Waals surface area contributed by atoms with Gasteiger partial charge in [0.25, 0.3) is 0 Å². The average molecular weight is 671 g/mol. The molecule has 44 heavy (non-hydrogen) atoms. The normalized spacial score (nSPS) is 20.2. The van der Waals surface area contributed by atoms with Gasteiger partial charge in [-0.3, -0.25) is 0 Å². The molecule has 266 valence electrons. The lowest BCUT2D eigenvalue weighted by molar-refractivity contribution is -0.358. The Labute approximate surface area is 260 Å². The molecule has 18 heteroatoms. The summed E-state index contributed by atoms with van der Waals surface area (Å²) in [4.78, 5) is 0. The molecule has 0 saturated carbocycles. The lowest BCUT2D eigenvalue weighted by Crippen LogP contribution is -2.59. The van der Waals surface area contributed by atoms with E-state index in [9.17, 15) is 66.4 Å². The molecule has 0 bridgehead atoms. The Morgan fingerprint density at radius 2 is 1.11 bits per heavy atom. The molecule has 11 atom stereocenters. The first-order chi connectivity index (χ1) is 20.7. The van der Waals surface area contributed by atoms with Gasteiger partial charge in [0, 0.05) is 26.4 Å². The maximum absolute atomic E-state index is 10.5. The second kappa shape index (κ2) is 23.9. The lowest BCUT2D eigenvalue weighted by Gasteiger charge is -2.38. The fraction of sp³-hybridized carbons (Fsp3) is 1.00. The quantitative estimate of drug-likeness (QED) is 0.0274. The number of hydrogen-bond donors (Lipinski definition) is 14. The van der Waals surface area contributed by atoms with Gasteiger partial charge in [-0.1, -0.05) is 13.3 Å². The van der Waals surface area contributed by atoms with Crippen molar-refractivity contribution < 1.29 is 85.7 Å². The summed E-state index contributed by atoms with van der Waals surface area (Å²) < 4.78 is 15.1. The van der Waals surface area contributed by atoms with E-state index in [1.807, 2.05) is 0 Å². The van der Waals surface area contributed by atoms with Crippen LogP contribution < -0.4 is 0 Å². The zero-order chi connectivity index (χ0) is 33.9. The number of thioether (sulfide) groups is 1. The Bertz CT molecular complexity index is 695. The van der Waals surface area contributed by atoms with Crippen LogP contribution in [0.2, 0.25) is 0 Å². The van der Waals surface area contributed by atoms with Crippen molar-refractivity contribution in [1.29, 1.82) is 0 Å². The molecule has 0 saturated heterocycles. The number of hydrogen-bond acceptors (Lipinski definition) is 18. The highest BCUT2D eigenvalue weighted by Gasteiger charge is 2.48. The van der Waals surface area contributed by atoms with Crippen LogP contribution in [0.15, 0.2) is 0 Å². The third-order valence-electron chi connectivity index (χ3n) is 6.69. The molecule has 0 heterocycles. The zero-order valence-corrected chi connectivity index (χ0v) is 25.8. The Balaban J connectivity index is 5.27. The van der Waals surface area contributed by atoms with Crippen molar-refractivity contribution in [1.82, 2.24) is 0 Å². The average Bonchev–Trinajstić information content (AvgIpc) is 2.99. The zero-order valence-electron chi connectivity index (χ0n) is 24.9. The molecular formula is C26H54O17S. The van der Waals surface area contributed by atoms with Crippen molar-refractivity contribution >= 4 is 11.8 Å². The van der Waals surface area contributed by atoms with Crippen LogP contribution in [-0.4, -0.2) is 183 Å². The Kier molecular flexibility index (Phi) is 23.7. The van der Waals surface area contributed by atoms with Crippen LogP contribution in [0.25, 0.3) is 0 Å². The van der Waals surface area contributed by atoms with Crippen LogP contribution >= 0.6 is 11.8 Å². The van der Waals surface area contributed by atoms with Gasteiger partial charge in [0.05, 0.1) is 18.3 Å². The first-order valence-corrected chi connectivity index (χ1v) is 15.8. The smallest absolute Gasteiger partial charge is 0.245 e. The third kappa shape index (κ3) is 15.5. The van der Waals surface area contributed by atoms with Crippen molar-refractivity contribution in [3.8, 4) is 0 Å². The standard InChI is InChI=1S/C26H54O17S/c1-2-3-13-44-14-5-4-12-41-25(38)26(39,40)22(35)17(8-11-29)43-24(37)21(34)19(32)16(7-10-28)42-23(36)20(33)18(31)15(30)6-9-27/h15-25,27-40H,2-14H2,1H3/t15-,16-,17+,18?,19?,20-,21-,22?,23+,24-,25-/m0/s1. The van der Waals surface area contributed by atoms with Gasteiger partial charge in [0.2, 0.25) is 12.1 Å². The largest absolute Gasteiger partial charge is 0.396 e. The topological polar surface area (TPSA) is 311 Å². The molecule has 0 aliphatic rings. The van der Waals surface area contributed by atoms with Crippen molar-refractivity contribution in [2.24, 2.45) is 0 Å². The monoisotopic (exact) mass is 670 g/mol. The van der Waals surface area contributed by atoms with Gasteiger partial charge >= 0.3 is 0 Å². The second-order valence-corrected chi connectivity index (χ2v) is 11.5. The van der Waals surface area contributed by atoms with Gasteiger partial charge in [0.1, 0.15) is 30.5 Å². The molecule has 0 spiro atoms. The molecule has 0 amide bonds. The molecular weight excluding hydrogens is 616 g/mol. The van der Waals surface area contributed by atoms with Crippen molar-refractivity contribution in [2.75, 3.05) is 37.9 Å². The van der Waals surface area contributed by atoms with Crippen LogP contribution in [0.5, 0.6) is 0 Å². The maximum Gasteiger partial charge on any atom is 0.245 e. The summed E-state index contributed by atoms with van der Waals surface area (Å²) in [6, 6.07) is 0. The second-order valence-electron chi connectivity index (χ2n) is 10.3. The van der Waals surface area contributed by atoms with Crippen molar-refractivity contribution in [2.45, 2.75) is 125 Å². The van der Waals surface area contributed by atoms with E-state index in [1.165, 1.54) is 0 Å². The van der Waals surface area contributed by atoms with Gasteiger partial charge in [-0.2, -0.15) is 11.8 Å². The number of rotatable bonds is 28. The molecule has 0 rings (SSSR count). The first kappa shape index (κ1) is 43.7. The summed E-state index contributed by atoms with van der Waals surface area (Å²) in [5.41, 5.74) is 0. The first-order valence-electron chi connectivity index (χ1n) is 14.6. The van der Waals surface area contributed by atoms with E-state index < -0.39 is 106 Å². The van der Waals surface area contributed by atoms with Crippen LogP contribution in [0, 0.1) is 0 Å². The van der Waals surface area contributed by atoms with E-state index in [-0.39, 0.29) is 13.0 Å². The fourth-order valence-electron chi connectivity index (χ4n) is 3.87. The maximum atomic E-state index is 10.5. The molecule has 0 aliphatic carbocycles. The summed E-state index contributed by atoms with van der Waals surface area (Å²) in [7, 11) is 0. The SMILES string of the molecule is CCCCSCCCCO[C@H](O)C(O)(O)C(O)[C@@H](CCO)O[C@H](O)[C@@H](O)C(O)[C@H](CCO)O[C@@H](O)[C@@H](O)C(O)[C@@H](O)CCO. The fourth-order valence-corrected chi connectivity index (χ4v) is 4.98. The van der Waals surface area contributed by atoms with Crippen molar-refractivity contribution in [3.63, 3.8) is 0 Å². The van der Waals surface area contributed by atoms with Gasteiger partial charge in [0.15, 0.2) is 12.6 Å². The summed E-state index contributed by atoms with van der Waals surface area (Å²) in [5, 5.41) is 140. The number of ether oxygens (including phenoxy) is 3. The van der Waals surface area contributed by atoms with Crippen molar-refractivity contribution in [3.05, 3.63) is 0 Å². The lowest BCUT2D eigenvalue weighted by atomic mass is 10.0. The number of aliphatic hydroxyl groups is 14. The summed E-state index contributed by atoms with van der Waals surface area (Å²) in [6.07, 6.45) is -21.6. The Morgan fingerprint density at radius 3 is 1.66 bits per heavy atom. The minimum Gasteiger partial charge on any atom is -0.396 e. The number of unbranched alkanes of at least 4 members (excludes halogenated alkanes) is 2. The van der Waals surface area contributed by atoms with E-state index in [4.69, 9.17) is 19.3 Å². The predicted molar refractivity (Wildman–Crippen MR) is 154 cm³/mol. The summed E-state index contributed by atoms with van der Waals surface area (Å²) in [6.45, 7) is -0.00157.